The summed E-state index contributed by atoms with van der Waals surface area (Å²) in [6.07, 6.45) is 6.01. The molecule has 0 bridgehead atoms. The molecule has 1 saturated heterocycles. The Kier molecular flexibility index (Phi) is 3.85. The highest BCUT2D eigenvalue weighted by Crippen LogP contribution is 2.25. The minimum absolute atomic E-state index is 0.0166. The van der Waals surface area contributed by atoms with E-state index >= 15 is 0 Å². The van der Waals surface area contributed by atoms with Crippen LogP contribution in [0.2, 0.25) is 0 Å². The molecule has 2 aliphatic rings. The number of hydrogen-bond donors (Lipinski definition) is 1. The van der Waals surface area contributed by atoms with E-state index in [1.165, 1.54) is 0 Å². The number of aromatic amines is 1. The second kappa shape index (κ2) is 6.37. The monoisotopic (exact) mass is 362 g/mol. The molecule has 1 aliphatic carbocycles. The van der Waals surface area contributed by atoms with Gasteiger partial charge < -0.3 is 9.88 Å². The van der Waals surface area contributed by atoms with E-state index in [0.29, 0.717) is 25.2 Å². The van der Waals surface area contributed by atoms with Crippen molar-refractivity contribution in [1.29, 1.82) is 0 Å². The predicted octanol–water partition coefficient (Wildman–Crippen LogP) is 2.38. The molecule has 0 saturated carbocycles. The molecule has 1 aromatic carbocycles. The van der Waals surface area contributed by atoms with Crippen molar-refractivity contribution in [2.24, 2.45) is 5.92 Å². The number of H-pyrrole nitrogens is 1. The number of para-hydroxylation sites is 1. The van der Waals surface area contributed by atoms with Gasteiger partial charge >= 0.3 is 0 Å². The first-order chi connectivity index (χ1) is 13.2. The fraction of sp³-hybridized carbons (Fsp3) is 0.381. The lowest BCUT2D eigenvalue weighted by Gasteiger charge is -2.39. The largest absolute Gasteiger partial charge is 0.360 e. The lowest BCUT2D eigenvalue weighted by molar-refractivity contribution is 0.0460. The van der Waals surface area contributed by atoms with Crippen LogP contribution in [0.4, 0.5) is 0 Å². The lowest BCUT2D eigenvalue weighted by atomic mass is 9.96. The van der Waals surface area contributed by atoms with Crippen molar-refractivity contribution >= 4 is 16.8 Å². The standard InChI is InChI=1S/C21H22N4O2/c26-20-9-15-5-1-3-7-18(15)23-25(20)13-14-11-24(12-14)21(27)17-10-22-19-8-4-2-6-16(17)19/h2,4,6,8-10,14,22H,1,3,5,7,11-13H2. The van der Waals surface area contributed by atoms with Gasteiger partial charge in [-0.25, -0.2) is 4.68 Å². The first kappa shape index (κ1) is 16.3. The number of nitrogens with one attached hydrogen (secondary N) is 1. The SMILES string of the molecule is O=C(c1c[nH]c2ccccc12)N1CC(Cn2nc3c(cc2=O)CCCC3)C1. The molecule has 3 heterocycles. The van der Waals surface area contributed by atoms with Gasteiger partial charge in [-0.05, 0) is 37.3 Å². The third-order valence-corrected chi connectivity index (χ3v) is 5.77. The van der Waals surface area contributed by atoms with Crippen LogP contribution in [-0.2, 0) is 19.4 Å². The number of carbonyl (C=O) groups is 1. The summed E-state index contributed by atoms with van der Waals surface area (Å²) < 4.78 is 1.60. The molecule has 2 aromatic heterocycles. The van der Waals surface area contributed by atoms with Gasteiger partial charge in [0, 0.05) is 42.2 Å². The molecule has 5 rings (SSSR count). The van der Waals surface area contributed by atoms with Crippen LogP contribution in [0.3, 0.4) is 0 Å². The van der Waals surface area contributed by atoms with Crippen molar-refractivity contribution in [3.8, 4) is 0 Å². The van der Waals surface area contributed by atoms with Crippen LogP contribution in [0.25, 0.3) is 10.9 Å². The molecule has 1 N–H and O–H groups in total. The van der Waals surface area contributed by atoms with Gasteiger partial charge in [-0.3, -0.25) is 9.59 Å². The average Bonchev–Trinajstić information content (AvgIpc) is 3.08. The minimum atomic E-state index is -0.0166. The van der Waals surface area contributed by atoms with E-state index in [2.05, 4.69) is 10.1 Å². The number of aryl methyl sites for hydroxylation is 2. The molecule has 0 radical (unpaired) electrons. The molecular weight excluding hydrogens is 340 g/mol. The fourth-order valence-electron chi connectivity index (χ4n) is 4.25. The first-order valence-electron chi connectivity index (χ1n) is 9.64. The van der Waals surface area contributed by atoms with Crippen molar-refractivity contribution in [2.75, 3.05) is 13.1 Å². The summed E-state index contributed by atoms with van der Waals surface area (Å²) in [5.74, 6) is 0.334. The molecule has 0 unspecified atom stereocenters. The van der Waals surface area contributed by atoms with Crippen LogP contribution in [0.15, 0.2) is 41.3 Å². The van der Waals surface area contributed by atoms with Gasteiger partial charge in [0.25, 0.3) is 11.5 Å². The molecule has 1 aliphatic heterocycles. The number of fused-ring (bicyclic) bond motifs is 2. The van der Waals surface area contributed by atoms with Crippen molar-refractivity contribution < 1.29 is 4.79 Å². The van der Waals surface area contributed by atoms with Crippen molar-refractivity contribution in [1.82, 2.24) is 19.7 Å². The van der Waals surface area contributed by atoms with Gasteiger partial charge in [-0.2, -0.15) is 5.10 Å². The molecule has 27 heavy (non-hydrogen) atoms. The van der Waals surface area contributed by atoms with E-state index in [4.69, 9.17) is 0 Å². The fourth-order valence-corrected chi connectivity index (χ4v) is 4.25. The zero-order chi connectivity index (χ0) is 18.4. The van der Waals surface area contributed by atoms with Gasteiger partial charge in [-0.15, -0.1) is 0 Å². The summed E-state index contributed by atoms with van der Waals surface area (Å²) in [5, 5.41) is 5.55. The molecule has 1 fully saturated rings. The Hall–Kier alpha value is -2.89. The van der Waals surface area contributed by atoms with Crippen molar-refractivity contribution in [3.63, 3.8) is 0 Å². The zero-order valence-corrected chi connectivity index (χ0v) is 15.1. The highest BCUT2D eigenvalue weighted by molar-refractivity contribution is 6.06. The number of nitrogens with zero attached hydrogens (tertiary/aromatic N) is 3. The summed E-state index contributed by atoms with van der Waals surface area (Å²) >= 11 is 0. The van der Waals surface area contributed by atoms with Crippen molar-refractivity contribution in [3.05, 3.63) is 63.7 Å². The second-order valence-corrected chi connectivity index (χ2v) is 7.67. The van der Waals surface area contributed by atoms with Gasteiger partial charge in [0.2, 0.25) is 0 Å². The first-order valence-corrected chi connectivity index (χ1v) is 9.64. The maximum Gasteiger partial charge on any atom is 0.267 e. The summed E-state index contributed by atoms with van der Waals surface area (Å²) in [4.78, 5) is 30.1. The smallest absolute Gasteiger partial charge is 0.267 e. The van der Waals surface area contributed by atoms with Crippen molar-refractivity contribution in [2.45, 2.75) is 32.2 Å². The maximum atomic E-state index is 12.8. The summed E-state index contributed by atoms with van der Waals surface area (Å²) in [5.41, 5.74) is 3.87. The minimum Gasteiger partial charge on any atom is -0.360 e. The van der Waals surface area contributed by atoms with Crippen LogP contribution in [0.1, 0.15) is 34.5 Å². The Morgan fingerprint density at radius 2 is 2.00 bits per heavy atom. The van der Waals surface area contributed by atoms with Crippen LogP contribution in [0.5, 0.6) is 0 Å². The molecule has 1 amide bonds. The third kappa shape index (κ3) is 2.85. The Bertz CT molecular complexity index is 1080. The Morgan fingerprint density at radius 1 is 1.19 bits per heavy atom. The maximum absolute atomic E-state index is 12.8. The molecule has 0 spiro atoms. The van der Waals surface area contributed by atoms with E-state index in [0.717, 1.165) is 47.8 Å². The lowest BCUT2D eigenvalue weighted by Crippen LogP contribution is -2.52. The van der Waals surface area contributed by atoms with Crippen LogP contribution in [-0.4, -0.2) is 38.7 Å². The average molecular weight is 362 g/mol. The number of amides is 1. The predicted molar refractivity (Wildman–Crippen MR) is 103 cm³/mol. The quantitative estimate of drug-likeness (QED) is 0.778. The normalized spacial score (nSPS) is 17.0. The van der Waals surface area contributed by atoms with E-state index in [9.17, 15) is 9.59 Å². The van der Waals surface area contributed by atoms with E-state index in [1.807, 2.05) is 29.2 Å². The molecule has 6 heteroatoms. The molecule has 3 aromatic rings. The zero-order valence-electron chi connectivity index (χ0n) is 15.1. The van der Waals surface area contributed by atoms with Gasteiger partial charge in [0.1, 0.15) is 0 Å². The number of aromatic nitrogens is 3. The van der Waals surface area contributed by atoms with E-state index in [1.54, 1.807) is 16.9 Å². The Labute approximate surface area is 156 Å². The second-order valence-electron chi connectivity index (χ2n) is 7.67. The number of benzene rings is 1. The number of hydrogen-bond acceptors (Lipinski definition) is 3. The topological polar surface area (TPSA) is 71.0 Å². The van der Waals surface area contributed by atoms with Gasteiger partial charge in [-0.1, -0.05) is 18.2 Å². The van der Waals surface area contributed by atoms with Crippen LogP contribution < -0.4 is 5.56 Å². The van der Waals surface area contributed by atoms with Gasteiger partial charge in [0.05, 0.1) is 17.8 Å². The summed E-state index contributed by atoms with van der Waals surface area (Å²) in [6.45, 7) is 1.93. The Morgan fingerprint density at radius 3 is 2.89 bits per heavy atom. The third-order valence-electron chi connectivity index (χ3n) is 5.77. The van der Waals surface area contributed by atoms with Crippen LogP contribution >= 0.6 is 0 Å². The van der Waals surface area contributed by atoms with Crippen LogP contribution in [0, 0.1) is 5.92 Å². The molecule has 6 nitrogen and oxygen atoms in total. The van der Waals surface area contributed by atoms with E-state index in [-0.39, 0.29) is 17.4 Å². The Balaban J connectivity index is 1.27. The summed E-state index contributed by atoms with van der Waals surface area (Å²) in [6, 6.07) is 9.59. The molecule has 0 atom stereocenters. The van der Waals surface area contributed by atoms with E-state index < -0.39 is 0 Å². The number of rotatable bonds is 3. The molecular formula is C21H22N4O2. The highest BCUT2D eigenvalue weighted by Gasteiger charge is 2.33. The number of likely N-dealkylation sites (tertiary alicyclic amines) is 1. The number of carbonyl (C=O) groups excluding carboxylic acids is 1. The van der Waals surface area contributed by atoms with Gasteiger partial charge in [0.15, 0.2) is 0 Å². The highest BCUT2D eigenvalue weighted by atomic mass is 16.2. The summed E-state index contributed by atoms with van der Waals surface area (Å²) in [7, 11) is 0. The molecule has 138 valence electrons.